The van der Waals surface area contributed by atoms with Gasteiger partial charge < -0.3 is 25.1 Å². The van der Waals surface area contributed by atoms with E-state index >= 15 is 0 Å². The molecule has 0 saturated heterocycles. The maximum absolute atomic E-state index is 9.50. The predicted octanol–water partition coefficient (Wildman–Crippen LogP) is 1.49. The molecule has 0 aliphatic carbocycles. The molecule has 0 amide bonds. The van der Waals surface area contributed by atoms with Crippen molar-refractivity contribution >= 4 is 0 Å². The lowest BCUT2D eigenvalue weighted by molar-refractivity contribution is -0.0592. The molecule has 0 radical (unpaired) electrons. The number of benzene rings is 1. The molecule has 108 valence electrons. The number of ether oxygens (including phenoxy) is 3. The normalized spacial score (nSPS) is 15.7. The average molecular weight is 269 g/mol. The number of nitrogens with two attached hydrogens (primary N) is 1. The summed E-state index contributed by atoms with van der Waals surface area (Å²) in [6.45, 7) is 3.81. The Morgan fingerprint density at radius 1 is 1.11 bits per heavy atom. The molecule has 0 aromatic heterocycles. The third kappa shape index (κ3) is 4.38. The second-order valence-electron chi connectivity index (χ2n) is 4.45. The Morgan fingerprint density at radius 2 is 1.63 bits per heavy atom. The van der Waals surface area contributed by atoms with Crippen LogP contribution in [0.25, 0.3) is 0 Å². The Morgan fingerprint density at radius 3 is 2.00 bits per heavy atom. The predicted molar refractivity (Wildman–Crippen MR) is 73.6 cm³/mol. The molecule has 3 atom stereocenters. The van der Waals surface area contributed by atoms with E-state index in [4.69, 9.17) is 19.9 Å². The van der Waals surface area contributed by atoms with Crippen LogP contribution in [0.2, 0.25) is 0 Å². The average Bonchev–Trinajstić information content (AvgIpc) is 2.43. The van der Waals surface area contributed by atoms with Crippen molar-refractivity contribution < 1.29 is 19.3 Å². The molecule has 1 aromatic rings. The van der Waals surface area contributed by atoms with E-state index in [1.807, 2.05) is 19.1 Å². The van der Waals surface area contributed by atoms with Crippen molar-refractivity contribution in [2.45, 2.75) is 32.2 Å². The largest absolute Gasteiger partial charge is 0.497 e. The second-order valence-corrected chi connectivity index (χ2v) is 4.45. The van der Waals surface area contributed by atoms with E-state index in [9.17, 15) is 5.11 Å². The first-order valence-corrected chi connectivity index (χ1v) is 6.28. The van der Waals surface area contributed by atoms with E-state index in [0.29, 0.717) is 18.0 Å². The third-order valence-corrected chi connectivity index (χ3v) is 3.02. The zero-order valence-corrected chi connectivity index (χ0v) is 11.9. The van der Waals surface area contributed by atoms with Crippen LogP contribution in [0.15, 0.2) is 18.2 Å². The van der Waals surface area contributed by atoms with Crippen LogP contribution in [-0.4, -0.2) is 38.1 Å². The minimum absolute atomic E-state index is 0.300. The summed E-state index contributed by atoms with van der Waals surface area (Å²) >= 11 is 0. The smallest absolute Gasteiger partial charge is 0.122 e. The van der Waals surface area contributed by atoms with Crippen molar-refractivity contribution in [3.63, 3.8) is 0 Å². The van der Waals surface area contributed by atoms with Gasteiger partial charge in [-0.15, -0.1) is 0 Å². The highest BCUT2D eigenvalue weighted by Crippen LogP contribution is 2.28. The summed E-state index contributed by atoms with van der Waals surface area (Å²) in [6.07, 6.45) is -1.17. The minimum atomic E-state index is -0.554. The molecule has 0 spiro atoms. The number of methoxy groups -OCH3 is 2. The summed E-state index contributed by atoms with van der Waals surface area (Å²) < 4.78 is 16.2. The number of rotatable bonds is 7. The van der Waals surface area contributed by atoms with E-state index in [1.165, 1.54) is 0 Å². The summed E-state index contributed by atoms with van der Waals surface area (Å²) in [5.41, 5.74) is 6.61. The van der Waals surface area contributed by atoms with E-state index in [2.05, 4.69) is 0 Å². The van der Waals surface area contributed by atoms with E-state index in [-0.39, 0.29) is 12.2 Å². The SMILES string of the molecule is COc1cc(OC)cc(C(CN)OC(C)C(C)O)c1. The number of aliphatic hydroxyl groups excluding tert-OH is 1. The third-order valence-electron chi connectivity index (χ3n) is 3.02. The standard InChI is InChI=1S/C14H23NO4/c1-9(16)10(2)19-14(8-15)11-5-12(17-3)7-13(6-11)18-4/h5-7,9-10,14,16H,8,15H2,1-4H3. The first-order valence-electron chi connectivity index (χ1n) is 6.28. The summed E-state index contributed by atoms with van der Waals surface area (Å²) in [5, 5.41) is 9.50. The van der Waals surface area contributed by atoms with Gasteiger partial charge in [-0.05, 0) is 31.5 Å². The first kappa shape index (κ1) is 15.8. The summed E-state index contributed by atoms with van der Waals surface area (Å²) in [5.74, 6) is 1.36. The summed E-state index contributed by atoms with van der Waals surface area (Å²) in [6, 6.07) is 5.50. The van der Waals surface area contributed by atoms with E-state index < -0.39 is 6.10 Å². The van der Waals surface area contributed by atoms with Crippen LogP contribution in [0.1, 0.15) is 25.5 Å². The van der Waals surface area contributed by atoms with Crippen molar-refractivity contribution in [3.05, 3.63) is 23.8 Å². The Bertz CT molecular complexity index is 373. The van der Waals surface area contributed by atoms with Crippen molar-refractivity contribution in [3.8, 4) is 11.5 Å². The van der Waals surface area contributed by atoms with Gasteiger partial charge in [-0.25, -0.2) is 0 Å². The number of aliphatic hydroxyl groups is 1. The Balaban J connectivity index is 2.96. The Hall–Kier alpha value is -1.30. The van der Waals surface area contributed by atoms with Gasteiger partial charge in [0.25, 0.3) is 0 Å². The second kappa shape index (κ2) is 7.33. The van der Waals surface area contributed by atoms with E-state index in [1.54, 1.807) is 27.2 Å². The quantitative estimate of drug-likeness (QED) is 0.784. The van der Waals surface area contributed by atoms with Crippen molar-refractivity contribution in [2.24, 2.45) is 5.73 Å². The molecule has 0 aliphatic heterocycles. The van der Waals surface area contributed by atoms with Gasteiger partial charge in [0, 0.05) is 12.6 Å². The van der Waals surface area contributed by atoms with Crippen LogP contribution in [0.5, 0.6) is 11.5 Å². The highest BCUT2D eigenvalue weighted by Gasteiger charge is 2.18. The summed E-state index contributed by atoms with van der Waals surface area (Å²) in [7, 11) is 3.19. The maximum Gasteiger partial charge on any atom is 0.122 e. The molecule has 3 N–H and O–H groups in total. The number of hydrogen-bond acceptors (Lipinski definition) is 5. The fraction of sp³-hybridized carbons (Fsp3) is 0.571. The van der Waals surface area contributed by atoms with Crippen LogP contribution < -0.4 is 15.2 Å². The van der Waals surface area contributed by atoms with Crippen molar-refractivity contribution in [1.82, 2.24) is 0 Å². The molecule has 0 fully saturated rings. The molecule has 0 saturated carbocycles. The van der Waals surface area contributed by atoms with Crippen LogP contribution in [0, 0.1) is 0 Å². The molecule has 19 heavy (non-hydrogen) atoms. The van der Waals surface area contributed by atoms with Gasteiger partial charge in [0.1, 0.15) is 11.5 Å². The summed E-state index contributed by atoms with van der Waals surface area (Å²) in [4.78, 5) is 0. The van der Waals surface area contributed by atoms with Gasteiger partial charge in [0.05, 0.1) is 32.5 Å². The fourth-order valence-electron chi connectivity index (χ4n) is 1.66. The molecule has 5 nitrogen and oxygen atoms in total. The molecule has 0 heterocycles. The fourth-order valence-corrected chi connectivity index (χ4v) is 1.66. The molecule has 0 aliphatic rings. The maximum atomic E-state index is 9.50. The van der Waals surface area contributed by atoms with Gasteiger partial charge in [0.15, 0.2) is 0 Å². The first-order chi connectivity index (χ1) is 9.01. The molecular formula is C14H23NO4. The molecule has 1 rings (SSSR count). The molecule has 0 bridgehead atoms. The lowest BCUT2D eigenvalue weighted by atomic mass is 10.1. The molecule has 3 unspecified atom stereocenters. The topological polar surface area (TPSA) is 73.9 Å². The zero-order valence-electron chi connectivity index (χ0n) is 11.9. The Labute approximate surface area is 114 Å². The zero-order chi connectivity index (χ0) is 14.4. The van der Waals surface area contributed by atoms with Gasteiger partial charge in [0.2, 0.25) is 0 Å². The molecule has 5 heteroatoms. The van der Waals surface area contributed by atoms with Crippen LogP contribution in [-0.2, 0) is 4.74 Å². The van der Waals surface area contributed by atoms with E-state index in [0.717, 1.165) is 5.56 Å². The van der Waals surface area contributed by atoms with Gasteiger partial charge in [-0.3, -0.25) is 0 Å². The molecular weight excluding hydrogens is 246 g/mol. The minimum Gasteiger partial charge on any atom is -0.497 e. The highest BCUT2D eigenvalue weighted by atomic mass is 16.5. The lowest BCUT2D eigenvalue weighted by Gasteiger charge is -2.24. The van der Waals surface area contributed by atoms with Gasteiger partial charge in [-0.2, -0.15) is 0 Å². The Kier molecular flexibility index (Phi) is 6.08. The van der Waals surface area contributed by atoms with Crippen LogP contribution in [0.3, 0.4) is 0 Å². The van der Waals surface area contributed by atoms with Gasteiger partial charge in [-0.1, -0.05) is 0 Å². The van der Waals surface area contributed by atoms with Gasteiger partial charge >= 0.3 is 0 Å². The van der Waals surface area contributed by atoms with Crippen molar-refractivity contribution in [1.29, 1.82) is 0 Å². The molecule has 1 aromatic carbocycles. The van der Waals surface area contributed by atoms with Crippen LogP contribution >= 0.6 is 0 Å². The van der Waals surface area contributed by atoms with Crippen LogP contribution in [0.4, 0.5) is 0 Å². The monoisotopic (exact) mass is 269 g/mol. The lowest BCUT2D eigenvalue weighted by Crippen LogP contribution is -2.28. The van der Waals surface area contributed by atoms with Crippen molar-refractivity contribution in [2.75, 3.05) is 20.8 Å². The highest BCUT2D eigenvalue weighted by molar-refractivity contribution is 5.39. The number of hydrogen-bond donors (Lipinski definition) is 2.